The number of rotatable bonds is 4. The molecule has 2 aromatic rings. The largest absolute Gasteiger partial charge is 0.324 e. The average molecular weight is 270 g/mol. The van der Waals surface area contributed by atoms with Crippen molar-refractivity contribution in [3.8, 4) is 0 Å². The minimum Gasteiger partial charge on any atom is -0.324 e. The van der Waals surface area contributed by atoms with Gasteiger partial charge in [-0.05, 0) is 31.4 Å². The number of nitro benzene ring substituents is 1. The van der Waals surface area contributed by atoms with Gasteiger partial charge < -0.3 is 5.73 Å². The molecule has 0 heterocycles. The summed E-state index contributed by atoms with van der Waals surface area (Å²) in [5.41, 5.74) is 10.3. The number of nitrogens with zero attached hydrogens (tertiary/aromatic N) is 1. The predicted octanol–water partition coefficient (Wildman–Crippen LogP) is 3.45. The van der Waals surface area contributed by atoms with Gasteiger partial charge in [0.25, 0.3) is 5.69 Å². The number of nitrogens with two attached hydrogens (primary N) is 1. The Morgan fingerprint density at radius 2 is 1.90 bits per heavy atom. The molecule has 0 spiro atoms. The second-order valence-electron chi connectivity index (χ2n) is 5.06. The van der Waals surface area contributed by atoms with Crippen LogP contribution >= 0.6 is 0 Å². The zero-order chi connectivity index (χ0) is 14.7. The van der Waals surface area contributed by atoms with E-state index in [2.05, 4.69) is 6.07 Å². The van der Waals surface area contributed by atoms with E-state index in [0.29, 0.717) is 12.0 Å². The zero-order valence-corrected chi connectivity index (χ0v) is 11.7. The van der Waals surface area contributed by atoms with Crippen LogP contribution in [0.15, 0.2) is 42.5 Å². The third kappa shape index (κ3) is 3.03. The van der Waals surface area contributed by atoms with E-state index < -0.39 is 0 Å². The normalized spacial score (nSPS) is 12.2. The highest BCUT2D eigenvalue weighted by Crippen LogP contribution is 2.25. The van der Waals surface area contributed by atoms with Gasteiger partial charge in [0, 0.05) is 17.7 Å². The predicted molar refractivity (Wildman–Crippen MR) is 79.6 cm³/mol. The second-order valence-corrected chi connectivity index (χ2v) is 5.06. The molecule has 0 saturated heterocycles. The van der Waals surface area contributed by atoms with Gasteiger partial charge in [-0.25, -0.2) is 0 Å². The van der Waals surface area contributed by atoms with Crippen LogP contribution in [0.25, 0.3) is 0 Å². The topological polar surface area (TPSA) is 69.2 Å². The summed E-state index contributed by atoms with van der Waals surface area (Å²) in [6.45, 7) is 4.02. The van der Waals surface area contributed by atoms with Gasteiger partial charge in [-0.3, -0.25) is 10.1 Å². The summed E-state index contributed by atoms with van der Waals surface area (Å²) in [5.74, 6) is 0. The van der Waals surface area contributed by atoms with Crippen molar-refractivity contribution in [2.45, 2.75) is 26.3 Å². The van der Waals surface area contributed by atoms with Crippen LogP contribution in [0.5, 0.6) is 0 Å². The maximum atomic E-state index is 11.0. The molecule has 1 unspecified atom stereocenters. The van der Waals surface area contributed by atoms with Crippen molar-refractivity contribution in [2.24, 2.45) is 5.73 Å². The Labute approximate surface area is 118 Å². The van der Waals surface area contributed by atoms with Crippen LogP contribution < -0.4 is 5.73 Å². The lowest BCUT2D eigenvalue weighted by atomic mass is 9.94. The molecular formula is C16H18N2O2. The fourth-order valence-electron chi connectivity index (χ4n) is 2.37. The van der Waals surface area contributed by atoms with Gasteiger partial charge in [0.05, 0.1) is 4.92 Å². The Bertz CT molecular complexity index is 638. The number of nitro groups is 1. The standard InChI is InChI=1S/C16H18N2O2/c1-11-7-8-12(2)14(9-11)15(17)10-13-5-3-4-6-16(13)18(19)20/h3-9,15H,10,17H2,1-2H3. The van der Waals surface area contributed by atoms with Gasteiger partial charge in [-0.2, -0.15) is 0 Å². The number of hydrogen-bond donors (Lipinski definition) is 1. The molecule has 20 heavy (non-hydrogen) atoms. The number of aryl methyl sites for hydroxylation is 2. The Hall–Kier alpha value is -2.20. The van der Waals surface area contributed by atoms with Crippen LogP contribution in [0.3, 0.4) is 0 Å². The molecule has 0 saturated carbocycles. The Morgan fingerprint density at radius 1 is 1.20 bits per heavy atom. The Balaban J connectivity index is 2.30. The van der Waals surface area contributed by atoms with Crippen LogP contribution in [0.1, 0.15) is 28.3 Å². The molecule has 4 nitrogen and oxygen atoms in total. The summed E-state index contributed by atoms with van der Waals surface area (Å²) < 4.78 is 0. The molecule has 1 atom stereocenters. The smallest absolute Gasteiger partial charge is 0.272 e. The maximum Gasteiger partial charge on any atom is 0.272 e. The highest BCUT2D eigenvalue weighted by molar-refractivity contribution is 5.42. The van der Waals surface area contributed by atoms with Crippen LogP contribution in [-0.4, -0.2) is 4.92 Å². The first-order valence-corrected chi connectivity index (χ1v) is 6.54. The summed E-state index contributed by atoms with van der Waals surface area (Å²) in [7, 11) is 0. The minimum atomic E-state index is -0.356. The van der Waals surface area contributed by atoms with Crippen molar-refractivity contribution in [3.05, 3.63) is 74.8 Å². The van der Waals surface area contributed by atoms with E-state index in [9.17, 15) is 10.1 Å². The molecule has 0 fully saturated rings. The third-order valence-corrected chi connectivity index (χ3v) is 3.46. The van der Waals surface area contributed by atoms with Gasteiger partial charge in [-0.15, -0.1) is 0 Å². The molecule has 2 rings (SSSR count). The maximum absolute atomic E-state index is 11.0. The zero-order valence-electron chi connectivity index (χ0n) is 11.7. The molecular weight excluding hydrogens is 252 g/mol. The highest BCUT2D eigenvalue weighted by atomic mass is 16.6. The van der Waals surface area contributed by atoms with E-state index in [1.807, 2.05) is 26.0 Å². The lowest BCUT2D eigenvalue weighted by molar-refractivity contribution is -0.385. The van der Waals surface area contributed by atoms with Crippen molar-refractivity contribution in [1.82, 2.24) is 0 Å². The summed E-state index contributed by atoms with van der Waals surface area (Å²) in [6, 6.07) is 12.6. The van der Waals surface area contributed by atoms with Gasteiger partial charge in [0.2, 0.25) is 0 Å². The van der Waals surface area contributed by atoms with Gasteiger partial charge in [0.1, 0.15) is 0 Å². The molecule has 2 N–H and O–H groups in total. The van der Waals surface area contributed by atoms with E-state index in [0.717, 1.165) is 16.7 Å². The van der Waals surface area contributed by atoms with E-state index in [-0.39, 0.29) is 16.7 Å². The summed E-state index contributed by atoms with van der Waals surface area (Å²) >= 11 is 0. The molecule has 0 aliphatic carbocycles. The molecule has 104 valence electrons. The first-order chi connectivity index (χ1) is 9.49. The van der Waals surface area contributed by atoms with Crippen LogP contribution in [-0.2, 0) is 6.42 Å². The molecule has 0 bridgehead atoms. The van der Waals surface area contributed by atoms with Crippen molar-refractivity contribution >= 4 is 5.69 Å². The van der Waals surface area contributed by atoms with Crippen LogP contribution in [0, 0.1) is 24.0 Å². The van der Waals surface area contributed by atoms with E-state index in [4.69, 9.17) is 5.73 Å². The molecule has 0 amide bonds. The molecule has 0 aliphatic heterocycles. The lowest BCUT2D eigenvalue weighted by Gasteiger charge is -2.15. The highest BCUT2D eigenvalue weighted by Gasteiger charge is 2.17. The molecule has 4 heteroatoms. The van der Waals surface area contributed by atoms with Crippen molar-refractivity contribution in [3.63, 3.8) is 0 Å². The molecule has 0 radical (unpaired) electrons. The summed E-state index contributed by atoms with van der Waals surface area (Å²) in [6.07, 6.45) is 0.460. The van der Waals surface area contributed by atoms with Crippen molar-refractivity contribution < 1.29 is 4.92 Å². The van der Waals surface area contributed by atoms with Gasteiger partial charge in [-0.1, -0.05) is 42.0 Å². The number of benzene rings is 2. The van der Waals surface area contributed by atoms with Crippen molar-refractivity contribution in [2.75, 3.05) is 0 Å². The molecule has 0 aromatic heterocycles. The average Bonchev–Trinajstić information content (AvgIpc) is 2.41. The quantitative estimate of drug-likeness (QED) is 0.683. The Morgan fingerprint density at radius 3 is 2.60 bits per heavy atom. The number of para-hydroxylation sites is 1. The van der Waals surface area contributed by atoms with E-state index in [1.165, 1.54) is 6.07 Å². The second kappa shape index (κ2) is 5.84. The van der Waals surface area contributed by atoms with Gasteiger partial charge in [0.15, 0.2) is 0 Å². The number of hydrogen-bond acceptors (Lipinski definition) is 3. The summed E-state index contributed by atoms with van der Waals surface area (Å²) in [5, 5.41) is 11.0. The van der Waals surface area contributed by atoms with Crippen LogP contribution in [0.4, 0.5) is 5.69 Å². The van der Waals surface area contributed by atoms with E-state index in [1.54, 1.807) is 18.2 Å². The monoisotopic (exact) mass is 270 g/mol. The fraction of sp³-hybridized carbons (Fsp3) is 0.250. The first kappa shape index (κ1) is 14.2. The summed E-state index contributed by atoms with van der Waals surface area (Å²) in [4.78, 5) is 10.7. The minimum absolute atomic E-state index is 0.133. The third-order valence-electron chi connectivity index (χ3n) is 3.46. The molecule has 0 aliphatic rings. The fourth-order valence-corrected chi connectivity index (χ4v) is 2.37. The Kier molecular flexibility index (Phi) is 4.15. The first-order valence-electron chi connectivity index (χ1n) is 6.54. The van der Waals surface area contributed by atoms with Crippen molar-refractivity contribution in [1.29, 1.82) is 0 Å². The van der Waals surface area contributed by atoms with E-state index >= 15 is 0 Å². The van der Waals surface area contributed by atoms with Crippen LogP contribution in [0.2, 0.25) is 0 Å². The SMILES string of the molecule is Cc1ccc(C)c(C(N)Cc2ccccc2[N+](=O)[O-])c1. The lowest BCUT2D eigenvalue weighted by Crippen LogP contribution is -2.15. The molecule has 2 aromatic carbocycles. The van der Waals surface area contributed by atoms with Gasteiger partial charge >= 0.3 is 0 Å².